The zero-order chi connectivity index (χ0) is 19.8. The number of imide groups is 1. The largest absolute Gasteiger partial charge is 0.490 e. The van der Waals surface area contributed by atoms with E-state index in [4.69, 9.17) is 9.47 Å². The normalized spacial score (nSPS) is 22.0. The van der Waals surface area contributed by atoms with Crippen LogP contribution in [-0.4, -0.2) is 44.8 Å². The highest BCUT2D eigenvalue weighted by Crippen LogP contribution is 2.30. The molecule has 0 radical (unpaired) electrons. The predicted octanol–water partition coefficient (Wildman–Crippen LogP) is 1.69. The van der Waals surface area contributed by atoms with Gasteiger partial charge in [0.05, 0.1) is 26.3 Å². The Morgan fingerprint density at radius 1 is 1.07 bits per heavy atom. The van der Waals surface area contributed by atoms with E-state index in [-0.39, 0.29) is 5.91 Å². The Labute approximate surface area is 161 Å². The molecule has 1 aromatic rings. The van der Waals surface area contributed by atoms with Crippen molar-refractivity contribution in [1.82, 2.24) is 5.32 Å². The smallest absolute Gasteiger partial charge is 0.326 e. The molecule has 1 saturated heterocycles. The highest BCUT2D eigenvalue weighted by atomic mass is 16.5. The Balaban J connectivity index is 1.89. The minimum Gasteiger partial charge on any atom is -0.490 e. The molecule has 2 atom stereocenters. The van der Waals surface area contributed by atoms with E-state index in [1.165, 1.54) is 11.3 Å². The lowest BCUT2D eigenvalue weighted by atomic mass is 9.92. The summed E-state index contributed by atoms with van der Waals surface area (Å²) >= 11 is 0. The first-order valence-corrected chi connectivity index (χ1v) is 9.75. The number of quaternary nitrogens is 1. The van der Waals surface area contributed by atoms with E-state index in [0.29, 0.717) is 48.8 Å². The van der Waals surface area contributed by atoms with Gasteiger partial charge in [0, 0.05) is 23.6 Å². The lowest BCUT2D eigenvalue weighted by molar-refractivity contribution is -0.904. The van der Waals surface area contributed by atoms with Crippen LogP contribution in [-0.2, 0) is 4.79 Å². The molecule has 1 aliphatic heterocycles. The zero-order valence-electron chi connectivity index (χ0n) is 16.8. The zero-order valence-corrected chi connectivity index (χ0v) is 16.8. The van der Waals surface area contributed by atoms with Gasteiger partial charge >= 0.3 is 6.03 Å². The molecule has 2 rings (SSSR count). The number of rotatable bonds is 7. The average Bonchev–Trinajstić information content (AvgIpc) is 2.56. The van der Waals surface area contributed by atoms with E-state index in [1.807, 2.05) is 13.8 Å². The number of nitrogens with one attached hydrogen (secondary N) is 3. The van der Waals surface area contributed by atoms with Crippen LogP contribution in [0.3, 0.4) is 0 Å². The number of anilines is 1. The number of likely N-dealkylation sites (tertiary alicyclic amines) is 1. The predicted molar refractivity (Wildman–Crippen MR) is 104 cm³/mol. The summed E-state index contributed by atoms with van der Waals surface area (Å²) < 4.78 is 11.1. The van der Waals surface area contributed by atoms with Crippen molar-refractivity contribution in [3.8, 4) is 11.5 Å². The molecule has 3 N–H and O–H groups in total. The third-order valence-electron chi connectivity index (χ3n) is 4.54. The number of hydrogen-bond acceptors (Lipinski definition) is 4. The van der Waals surface area contributed by atoms with Crippen LogP contribution in [0.25, 0.3) is 0 Å². The van der Waals surface area contributed by atoms with Gasteiger partial charge in [0.2, 0.25) is 0 Å². The first-order chi connectivity index (χ1) is 12.9. The summed E-state index contributed by atoms with van der Waals surface area (Å²) in [6, 6.07) is 4.62. The van der Waals surface area contributed by atoms with Gasteiger partial charge in [-0.3, -0.25) is 10.1 Å². The molecule has 0 aromatic heterocycles. The highest BCUT2D eigenvalue weighted by Gasteiger charge is 2.27. The lowest BCUT2D eigenvalue weighted by Gasteiger charge is -2.31. The fourth-order valence-electron chi connectivity index (χ4n) is 3.76. The van der Waals surface area contributed by atoms with E-state index >= 15 is 0 Å². The first-order valence-electron chi connectivity index (χ1n) is 9.75. The Hall–Kier alpha value is -2.28. The monoisotopic (exact) mass is 378 g/mol. The standard InChI is InChI=1S/C20H31N3O4/c1-5-26-17-8-7-16(10-18(17)27-6-2)21-20(25)22-19(24)13-23-11-14(3)9-15(4)12-23/h7-8,10,14-15H,5-6,9,11-13H2,1-4H3,(H2,21,22,24,25)/p+1/t14-,15-/m1/s1. The van der Waals surface area contributed by atoms with E-state index in [0.717, 1.165) is 13.1 Å². The first kappa shape index (κ1) is 21.0. The van der Waals surface area contributed by atoms with Crippen molar-refractivity contribution < 1.29 is 24.0 Å². The van der Waals surface area contributed by atoms with Crippen LogP contribution in [0.1, 0.15) is 34.1 Å². The van der Waals surface area contributed by atoms with Crippen molar-refractivity contribution in [3.05, 3.63) is 18.2 Å². The third kappa shape index (κ3) is 6.75. The van der Waals surface area contributed by atoms with Crippen LogP contribution < -0.4 is 25.0 Å². The average molecular weight is 378 g/mol. The summed E-state index contributed by atoms with van der Waals surface area (Å²) in [4.78, 5) is 25.6. The summed E-state index contributed by atoms with van der Waals surface area (Å²) in [5.41, 5.74) is 0.541. The molecule has 1 fully saturated rings. The Bertz CT molecular complexity index is 640. The van der Waals surface area contributed by atoms with Gasteiger partial charge in [-0.1, -0.05) is 13.8 Å². The van der Waals surface area contributed by atoms with Crippen molar-refractivity contribution >= 4 is 17.6 Å². The quantitative estimate of drug-likeness (QED) is 0.675. The summed E-state index contributed by atoms with van der Waals surface area (Å²) in [6.07, 6.45) is 1.20. The van der Waals surface area contributed by atoms with E-state index in [1.54, 1.807) is 18.2 Å². The van der Waals surface area contributed by atoms with Crippen LogP contribution in [0, 0.1) is 11.8 Å². The number of benzene rings is 1. The molecule has 0 bridgehead atoms. The van der Waals surface area contributed by atoms with E-state index in [9.17, 15) is 9.59 Å². The second kappa shape index (κ2) is 10.2. The molecular formula is C20H32N3O4+. The summed E-state index contributed by atoms with van der Waals surface area (Å²) in [5.74, 6) is 2.12. The van der Waals surface area contributed by atoms with Gasteiger partial charge in [0.15, 0.2) is 18.0 Å². The van der Waals surface area contributed by atoms with Gasteiger partial charge in [-0.2, -0.15) is 0 Å². The summed E-state index contributed by atoms with van der Waals surface area (Å²) in [6.45, 7) is 11.5. The van der Waals surface area contributed by atoms with Crippen molar-refractivity contribution in [3.63, 3.8) is 0 Å². The fraction of sp³-hybridized carbons (Fsp3) is 0.600. The third-order valence-corrected chi connectivity index (χ3v) is 4.54. The Morgan fingerprint density at radius 2 is 1.70 bits per heavy atom. The van der Waals surface area contributed by atoms with E-state index < -0.39 is 6.03 Å². The molecule has 150 valence electrons. The molecule has 7 nitrogen and oxygen atoms in total. The molecule has 0 unspecified atom stereocenters. The van der Waals surface area contributed by atoms with Crippen LogP contribution in [0.4, 0.5) is 10.5 Å². The van der Waals surface area contributed by atoms with Crippen LogP contribution in [0.5, 0.6) is 11.5 Å². The molecule has 0 saturated carbocycles. The number of carbonyl (C=O) groups is 2. The Kier molecular flexibility index (Phi) is 7.91. The van der Waals surface area contributed by atoms with Crippen LogP contribution in [0.2, 0.25) is 0 Å². The maximum absolute atomic E-state index is 12.2. The van der Waals surface area contributed by atoms with Crippen molar-refractivity contribution in [2.24, 2.45) is 11.8 Å². The van der Waals surface area contributed by atoms with Gasteiger partial charge < -0.3 is 19.7 Å². The minimum absolute atomic E-state index is 0.264. The molecule has 0 spiro atoms. The van der Waals surface area contributed by atoms with Crippen LogP contribution in [0.15, 0.2) is 18.2 Å². The fourth-order valence-corrected chi connectivity index (χ4v) is 3.76. The molecular weight excluding hydrogens is 346 g/mol. The van der Waals surface area contributed by atoms with Crippen LogP contribution >= 0.6 is 0 Å². The summed E-state index contributed by atoms with van der Waals surface area (Å²) in [5, 5.41) is 5.09. The molecule has 1 aromatic carbocycles. The molecule has 1 heterocycles. The van der Waals surface area contributed by atoms with Crippen molar-refractivity contribution in [2.75, 3.05) is 38.2 Å². The molecule has 3 amide bonds. The van der Waals surface area contributed by atoms with Gasteiger partial charge in [-0.25, -0.2) is 4.79 Å². The second-order valence-electron chi connectivity index (χ2n) is 7.31. The van der Waals surface area contributed by atoms with Gasteiger partial charge in [0.25, 0.3) is 5.91 Å². The van der Waals surface area contributed by atoms with Crippen molar-refractivity contribution in [2.45, 2.75) is 34.1 Å². The second-order valence-corrected chi connectivity index (χ2v) is 7.31. The summed E-state index contributed by atoms with van der Waals surface area (Å²) in [7, 11) is 0. The number of carbonyl (C=O) groups excluding carboxylic acids is 2. The van der Waals surface area contributed by atoms with Gasteiger partial charge in [-0.05, 0) is 32.4 Å². The topological polar surface area (TPSA) is 81.1 Å². The number of urea groups is 1. The molecule has 27 heavy (non-hydrogen) atoms. The number of ether oxygens (including phenoxy) is 2. The van der Waals surface area contributed by atoms with Gasteiger partial charge in [-0.15, -0.1) is 0 Å². The maximum Gasteiger partial charge on any atom is 0.326 e. The molecule has 7 heteroatoms. The number of amides is 3. The lowest BCUT2D eigenvalue weighted by Crippen LogP contribution is -3.15. The maximum atomic E-state index is 12.2. The molecule has 0 aliphatic carbocycles. The SMILES string of the molecule is CCOc1ccc(NC(=O)NC(=O)C[NH+]2C[C@H](C)C[C@@H](C)C2)cc1OCC. The van der Waals surface area contributed by atoms with E-state index in [2.05, 4.69) is 24.5 Å². The number of hydrogen-bond donors (Lipinski definition) is 3. The minimum atomic E-state index is -0.538. The molecule has 1 aliphatic rings. The number of piperidine rings is 1. The van der Waals surface area contributed by atoms with Crippen molar-refractivity contribution in [1.29, 1.82) is 0 Å². The van der Waals surface area contributed by atoms with Gasteiger partial charge in [0.1, 0.15) is 0 Å². The Morgan fingerprint density at radius 3 is 2.33 bits per heavy atom. The highest BCUT2D eigenvalue weighted by molar-refractivity contribution is 6.01.